The first-order chi connectivity index (χ1) is 9.89. The van der Waals surface area contributed by atoms with Crippen LogP contribution < -0.4 is 10.1 Å². The number of nitrogens with one attached hydrogen (secondary N) is 1. The SMILES string of the molecule is COc1cc(CC(=O)N[C@@H]2CCOC(C)(C)C2)ccc1O. The minimum absolute atomic E-state index is 0.0227. The Hall–Kier alpha value is -1.75. The summed E-state index contributed by atoms with van der Waals surface area (Å²) >= 11 is 0. The van der Waals surface area contributed by atoms with Crippen LogP contribution in [0.25, 0.3) is 0 Å². The minimum Gasteiger partial charge on any atom is -0.504 e. The summed E-state index contributed by atoms with van der Waals surface area (Å²) in [7, 11) is 1.49. The average molecular weight is 293 g/mol. The molecular weight excluding hydrogens is 270 g/mol. The van der Waals surface area contributed by atoms with Crippen LogP contribution in [0.2, 0.25) is 0 Å². The third-order valence-corrected chi connectivity index (χ3v) is 3.67. The number of aromatic hydroxyl groups is 1. The van der Waals surface area contributed by atoms with Crippen molar-refractivity contribution in [1.82, 2.24) is 5.32 Å². The maximum absolute atomic E-state index is 12.1. The molecule has 1 atom stereocenters. The molecule has 1 aromatic carbocycles. The Morgan fingerprint density at radius 2 is 2.29 bits per heavy atom. The highest BCUT2D eigenvalue weighted by Crippen LogP contribution is 2.27. The van der Waals surface area contributed by atoms with Gasteiger partial charge in [0.25, 0.3) is 0 Å². The van der Waals surface area contributed by atoms with Crippen molar-refractivity contribution in [2.75, 3.05) is 13.7 Å². The van der Waals surface area contributed by atoms with Crippen molar-refractivity contribution in [3.8, 4) is 11.5 Å². The Kier molecular flexibility index (Phi) is 4.73. The van der Waals surface area contributed by atoms with Gasteiger partial charge in [-0.15, -0.1) is 0 Å². The smallest absolute Gasteiger partial charge is 0.224 e. The van der Waals surface area contributed by atoms with Crippen molar-refractivity contribution in [3.05, 3.63) is 23.8 Å². The summed E-state index contributed by atoms with van der Waals surface area (Å²) in [5, 5.41) is 12.6. The molecule has 0 spiro atoms. The number of hydrogen-bond acceptors (Lipinski definition) is 4. The maximum Gasteiger partial charge on any atom is 0.224 e. The molecule has 1 saturated heterocycles. The summed E-state index contributed by atoms with van der Waals surface area (Å²) in [5.74, 6) is 0.436. The third-order valence-electron chi connectivity index (χ3n) is 3.67. The topological polar surface area (TPSA) is 67.8 Å². The fourth-order valence-corrected chi connectivity index (χ4v) is 2.65. The normalized spacial score (nSPS) is 20.8. The van der Waals surface area contributed by atoms with Crippen LogP contribution in [0.1, 0.15) is 32.3 Å². The van der Waals surface area contributed by atoms with Crippen molar-refractivity contribution < 1.29 is 19.4 Å². The van der Waals surface area contributed by atoms with Gasteiger partial charge in [-0.05, 0) is 44.4 Å². The van der Waals surface area contributed by atoms with Gasteiger partial charge in [-0.1, -0.05) is 6.07 Å². The number of phenols is 1. The van der Waals surface area contributed by atoms with E-state index in [1.165, 1.54) is 7.11 Å². The second kappa shape index (κ2) is 6.35. The van der Waals surface area contributed by atoms with Crippen molar-refractivity contribution in [2.45, 2.75) is 44.8 Å². The predicted octanol–water partition coefficient (Wildman–Crippen LogP) is 2.02. The molecule has 0 unspecified atom stereocenters. The molecule has 1 fully saturated rings. The summed E-state index contributed by atoms with van der Waals surface area (Å²) in [6.07, 6.45) is 1.93. The van der Waals surface area contributed by atoms with E-state index in [0.717, 1.165) is 18.4 Å². The van der Waals surface area contributed by atoms with Crippen molar-refractivity contribution in [3.63, 3.8) is 0 Å². The molecule has 5 nitrogen and oxygen atoms in total. The van der Waals surface area contributed by atoms with E-state index in [2.05, 4.69) is 5.32 Å². The Labute approximate surface area is 125 Å². The monoisotopic (exact) mass is 293 g/mol. The number of methoxy groups -OCH3 is 1. The quantitative estimate of drug-likeness (QED) is 0.891. The summed E-state index contributed by atoms with van der Waals surface area (Å²) in [5.41, 5.74) is 0.631. The van der Waals surface area contributed by atoms with E-state index < -0.39 is 0 Å². The Bertz CT molecular complexity index is 513. The lowest BCUT2D eigenvalue weighted by Gasteiger charge is -2.35. The van der Waals surface area contributed by atoms with Crippen LogP contribution in [-0.4, -0.2) is 36.4 Å². The second-order valence-electron chi connectivity index (χ2n) is 6.05. The Morgan fingerprint density at radius 3 is 2.95 bits per heavy atom. The fourth-order valence-electron chi connectivity index (χ4n) is 2.65. The number of hydrogen-bond donors (Lipinski definition) is 2. The number of carbonyl (C=O) groups is 1. The van der Waals surface area contributed by atoms with Gasteiger partial charge in [0.15, 0.2) is 11.5 Å². The van der Waals surface area contributed by atoms with Crippen LogP contribution in [0.3, 0.4) is 0 Å². The molecule has 1 aromatic rings. The van der Waals surface area contributed by atoms with Gasteiger partial charge in [0, 0.05) is 12.6 Å². The molecule has 0 saturated carbocycles. The Balaban J connectivity index is 1.92. The molecule has 1 aliphatic heterocycles. The van der Waals surface area contributed by atoms with Crippen LogP contribution in [0.4, 0.5) is 0 Å². The predicted molar refractivity (Wildman–Crippen MR) is 79.6 cm³/mol. The molecule has 0 radical (unpaired) electrons. The van der Waals surface area contributed by atoms with Gasteiger partial charge in [0.2, 0.25) is 5.91 Å². The molecule has 2 N–H and O–H groups in total. The number of ether oxygens (including phenoxy) is 2. The van der Waals surface area contributed by atoms with Gasteiger partial charge >= 0.3 is 0 Å². The molecule has 5 heteroatoms. The van der Waals surface area contributed by atoms with E-state index in [9.17, 15) is 9.90 Å². The van der Waals surface area contributed by atoms with Gasteiger partial charge in [0.1, 0.15) is 0 Å². The van der Waals surface area contributed by atoms with E-state index in [1.807, 2.05) is 13.8 Å². The highest BCUT2D eigenvalue weighted by molar-refractivity contribution is 5.79. The van der Waals surface area contributed by atoms with Crippen LogP contribution in [0, 0.1) is 0 Å². The number of benzene rings is 1. The zero-order valence-electron chi connectivity index (χ0n) is 12.8. The molecule has 0 aromatic heterocycles. The molecule has 1 heterocycles. The van der Waals surface area contributed by atoms with Crippen molar-refractivity contribution in [1.29, 1.82) is 0 Å². The van der Waals surface area contributed by atoms with E-state index in [-0.39, 0.29) is 29.7 Å². The molecule has 21 heavy (non-hydrogen) atoms. The Morgan fingerprint density at radius 1 is 1.52 bits per heavy atom. The fraction of sp³-hybridized carbons (Fsp3) is 0.562. The lowest BCUT2D eigenvalue weighted by molar-refractivity contribution is -0.123. The highest BCUT2D eigenvalue weighted by atomic mass is 16.5. The standard InChI is InChI=1S/C16H23NO4/c1-16(2)10-12(6-7-21-16)17-15(19)9-11-4-5-13(18)14(8-11)20-3/h4-5,8,12,18H,6-7,9-10H2,1-3H3,(H,17,19)/t12-/m1/s1. The highest BCUT2D eigenvalue weighted by Gasteiger charge is 2.29. The zero-order valence-corrected chi connectivity index (χ0v) is 12.8. The molecule has 116 valence electrons. The summed E-state index contributed by atoms with van der Waals surface area (Å²) in [4.78, 5) is 12.1. The molecule has 0 bridgehead atoms. The summed E-state index contributed by atoms with van der Waals surface area (Å²) < 4.78 is 10.7. The first-order valence-electron chi connectivity index (χ1n) is 7.19. The van der Waals surface area contributed by atoms with Crippen molar-refractivity contribution in [2.24, 2.45) is 0 Å². The van der Waals surface area contributed by atoms with E-state index in [4.69, 9.17) is 9.47 Å². The van der Waals surface area contributed by atoms with Crippen LogP contribution in [-0.2, 0) is 16.0 Å². The molecule has 0 aliphatic carbocycles. The second-order valence-corrected chi connectivity index (χ2v) is 6.05. The first-order valence-corrected chi connectivity index (χ1v) is 7.19. The molecule has 1 amide bonds. The largest absolute Gasteiger partial charge is 0.504 e. The van der Waals surface area contributed by atoms with Crippen molar-refractivity contribution >= 4 is 5.91 Å². The third kappa shape index (κ3) is 4.36. The number of carbonyl (C=O) groups excluding carboxylic acids is 1. The van der Waals surface area contributed by atoms with Gasteiger partial charge < -0.3 is 19.9 Å². The van der Waals surface area contributed by atoms with Gasteiger partial charge in [-0.25, -0.2) is 0 Å². The van der Waals surface area contributed by atoms with E-state index >= 15 is 0 Å². The van der Waals surface area contributed by atoms with Gasteiger partial charge in [0.05, 0.1) is 19.1 Å². The lowest BCUT2D eigenvalue weighted by atomic mass is 9.94. The molecular formula is C16H23NO4. The number of phenolic OH excluding ortho intramolecular Hbond substituents is 1. The van der Waals surface area contributed by atoms with E-state index in [0.29, 0.717) is 12.4 Å². The average Bonchev–Trinajstić information content (AvgIpc) is 2.39. The number of amides is 1. The van der Waals surface area contributed by atoms with Gasteiger partial charge in [-0.3, -0.25) is 4.79 Å². The summed E-state index contributed by atoms with van der Waals surface area (Å²) in [6, 6.07) is 5.10. The number of rotatable bonds is 4. The first kappa shape index (κ1) is 15.6. The molecule has 2 rings (SSSR count). The van der Waals surface area contributed by atoms with Gasteiger partial charge in [-0.2, -0.15) is 0 Å². The van der Waals surface area contributed by atoms with Crippen LogP contribution in [0.5, 0.6) is 11.5 Å². The van der Waals surface area contributed by atoms with E-state index in [1.54, 1.807) is 18.2 Å². The molecule has 1 aliphatic rings. The zero-order chi connectivity index (χ0) is 15.5. The van der Waals surface area contributed by atoms with Crippen LogP contribution >= 0.6 is 0 Å². The lowest BCUT2D eigenvalue weighted by Crippen LogP contribution is -2.46. The summed E-state index contributed by atoms with van der Waals surface area (Å²) in [6.45, 7) is 4.75. The van der Waals surface area contributed by atoms with Crippen LogP contribution in [0.15, 0.2) is 18.2 Å². The minimum atomic E-state index is -0.183. The maximum atomic E-state index is 12.1.